The molecule has 1 aromatic heterocycles. The maximum Gasteiger partial charge on any atom is 0.326 e. The van der Waals surface area contributed by atoms with Crippen LogP contribution in [0.4, 0.5) is 0 Å². The van der Waals surface area contributed by atoms with E-state index in [2.05, 4.69) is 26.2 Å². The summed E-state index contributed by atoms with van der Waals surface area (Å²) in [6.45, 7) is 3.82. The molecular formula is C13H17BrN2O3. The van der Waals surface area contributed by atoms with E-state index in [1.807, 2.05) is 13.8 Å². The molecular weight excluding hydrogens is 312 g/mol. The van der Waals surface area contributed by atoms with Crippen molar-refractivity contribution in [2.45, 2.75) is 32.7 Å². The van der Waals surface area contributed by atoms with Gasteiger partial charge in [0.2, 0.25) is 5.91 Å². The molecule has 5 nitrogen and oxygen atoms in total. The van der Waals surface area contributed by atoms with E-state index in [0.717, 1.165) is 5.56 Å². The molecule has 19 heavy (non-hydrogen) atoms. The predicted octanol–water partition coefficient (Wildman–Crippen LogP) is 2.00. The standard InChI is InChI=1S/C13H17BrN2O3/c1-8(2)6-11(17)16-10(13(18)19)7-9-4-3-5-15-12(9)14/h3-5,8,10H,6-7H2,1-2H3,(H,16,17)(H,18,19)/t10-/m1/s1. The molecule has 0 aliphatic carbocycles. The van der Waals surface area contributed by atoms with Crippen LogP contribution in [0.5, 0.6) is 0 Å². The summed E-state index contributed by atoms with van der Waals surface area (Å²) in [6.07, 6.45) is 2.13. The summed E-state index contributed by atoms with van der Waals surface area (Å²) in [5.74, 6) is -1.10. The van der Waals surface area contributed by atoms with Gasteiger partial charge in [-0.3, -0.25) is 4.79 Å². The lowest BCUT2D eigenvalue weighted by Gasteiger charge is -2.16. The first kappa shape index (κ1) is 15.6. The first-order valence-corrected chi connectivity index (χ1v) is 6.81. The second-order valence-corrected chi connectivity index (χ2v) is 5.46. The third-order valence-electron chi connectivity index (χ3n) is 2.49. The van der Waals surface area contributed by atoms with E-state index in [4.69, 9.17) is 5.11 Å². The van der Waals surface area contributed by atoms with Crippen LogP contribution in [0.25, 0.3) is 0 Å². The highest BCUT2D eigenvalue weighted by Gasteiger charge is 2.21. The number of nitrogens with one attached hydrogen (secondary N) is 1. The molecule has 0 bridgehead atoms. The van der Waals surface area contributed by atoms with E-state index in [9.17, 15) is 9.59 Å². The smallest absolute Gasteiger partial charge is 0.326 e. The maximum atomic E-state index is 11.6. The lowest BCUT2D eigenvalue weighted by Crippen LogP contribution is -2.42. The zero-order valence-corrected chi connectivity index (χ0v) is 12.5. The van der Waals surface area contributed by atoms with Crippen molar-refractivity contribution >= 4 is 27.8 Å². The van der Waals surface area contributed by atoms with Gasteiger partial charge >= 0.3 is 5.97 Å². The highest BCUT2D eigenvalue weighted by molar-refractivity contribution is 9.10. The Morgan fingerprint density at radius 1 is 1.47 bits per heavy atom. The molecule has 0 spiro atoms. The van der Waals surface area contributed by atoms with Crippen LogP contribution < -0.4 is 5.32 Å². The van der Waals surface area contributed by atoms with Crippen molar-refractivity contribution in [1.29, 1.82) is 0 Å². The highest BCUT2D eigenvalue weighted by atomic mass is 79.9. The minimum Gasteiger partial charge on any atom is -0.480 e. The second-order valence-electron chi connectivity index (χ2n) is 4.71. The minimum atomic E-state index is -1.05. The number of carbonyl (C=O) groups excluding carboxylic acids is 1. The molecule has 1 aromatic rings. The van der Waals surface area contributed by atoms with Crippen molar-refractivity contribution in [2.24, 2.45) is 5.92 Å². The van der Waals surface area contributed by atoms with Crippen molar-refractivity contribution in [2.75, 3.05) is 0 Å². The molecule has 6 heteroatoms. The van der Waals surface area contributed by atoms with Gasteiger partial charge in [0.05, 0.1) is 0 Å². The fourth-order valence-corrected chi connectivity index (χ4v) is 2.03. The number of carboxylic acids is 1. The number of halogens is 1. The Kier molecular flexibility index (Phi) is 5.95. The molecule has 0 radical (unpaired) electrons. The zero-order chi connectivity index (χ0) is 14.4. The lowest BCUT2D eigenvalue weighted by molar-refractivity contribution is -0.141. The van der Waals surface area contributed by atoms with Crippen molar-refractivity contribution in [3.8, 4) is 0 Å². The van der Waals surface area contributed by atoms with E-state index in [1.54, 1.807) is 18.3 Å². The van der Waals surface area contributed by atoms with Gasteiger partial charge in [0.25, 0.3) is 0 Å². The van der Waals surface area contributed by atoms with Gasteiger partial charge in [-0.1, -0.05) is 19.9 Å². The monoisotopic (exact) mass is 328 g/mol. The predicted molar refractivity (Wildman–Crippen MR) is 74.7 cm³/mol. The average Bonchev–Trinajstić information content (AvgIpc) is 2.29. The van der Waals surface area contributed by atoms with Gasteiger partial charge in [0.15, 0.2) is 0 Å². The Morgan fingerprint density at radius 3 is 2.68 bits per heavy atom. The van der Waals surface area contributed by atoms with Crippen molar-refractivity contribution in [1.82, 2.24) is 10.3 Å². The van der Waals surface area contributed by atoms with Gasteiger partial charge in [-0.15, -0.1) is 0 Å². The molecule has 1 rings (SSSR count). The molecule has 1 heterocycles. The Bertz CT molecular complexity index is 463. The Labute approximate surface area is 120 Å². The van der Waals surface area contributed by atoms with Crippen LogP contribution >= 0.6 is 15.9 Å². The molecule has 2 N–H and O–H groups in total. The number of rotatable bonds is 6. The number of hydrogen-bond donors (Lipinski definition) is 2. The summed E-state index contributed by atoms with van der Waals surface area (Å²) in [5.41, 5.74) is 0.750. The third kappa shape index (κ3) is 5.38. The van der Waals surface area contributed by atoms with Crippen LogP contribution in [0.2, 0.25) is 0 Å². The molecule has 0 aliphatic rings. The zero-order valence-electron chi connectivity index (χ0n) is 10.9. The van der Waals surface area contributed by atoms with Crippen LogP contribution in [-0.4, -0.2) is 28.0 Å². The molecule has 0 aromatic carbocycles. The molecule has 1 amide bonds. The first-order valence-electron chi connectivity index (χ1n) is 6.01. The van der Waals surface area contributed by atoms with Gasteiger partial charge in [-0.05, 0) is 33.5 Å². The van der Waals surface area contributed by atoms with Crippen LogP contribution in [0.3, 0.4) is 0 Å². The molecule has 1 atom stereocenters. The van der Waals surface area contributed by atoms with Crippen LogP contribution in [0.1, 0.15) is 25.8 Å². The van der Waals surface area contributed by atoms with E-state index < -0.39 is 12.0 Å². The van der Waals surface area contributed by atoms with Gasteiger partial charge in [0, 0.05) is 19.0 Å². The molecule has 0 saturated carbocycles. The van der Waals surface area contributed by atoms with Gasteiger partial charge in [-0.25, -0.2) is 9.78 Å². The van der Waals surface area contributed by atoms with E-state index in [0.29, 0.717) is 11.0 Å². The summed E-state index contributed by atoms with van der Waals surface area (Å²) < 4.78 is 0.597. The van der Waals surface area contributed by atoms with E-state index in [-0.39, 0.29) is 18.2 Å². The van der Waals surface area contributed by atoms with Crippen LogP contribution in [0, 0.1) is 5.92 Å². The molecule has 104 valence electrons. The maximum absolute atomic E-state index is 11.6. The van der Waals surface area contributed by atoms with Crippen molar-refractivity contribution in [3.05, 3.63) is 28.5 Å². The minimum absolute atomic E-state index is 0.194. The molecule has 0 saturated heterocycles. The summed E-state index contributed by atoms with van der Waals surface area (Å²) >= 11 is 3.26. The highest BCUT2D eigenvalue weighted by Crippen LogP contribution is 2.15. The van der Waals surface area contributed by atoms with Gasteiger partial charge in [0.1, 0.15) is 10.6 Å². The second kappa shape index (κ2) is 7.23. The number of carboxylic acid groups (broad SMARTS) is 1. The molecule has 0 unspecified atom stereocenters. The average molecular weight is 329 g/mol. The Hall–Kier alpha value is -1.43. The van der Waals surface area contributed by atoms with E-state index >= 15 is 0 Å². The molecule has 0 fully saturated rings. The van der Waals surface area contributed by atoms with Gasteiger partial charge < -0.3 is 10.4 Å². The summed E-state index contributed by atoms with van der Waals surface area (Å²) in [7, 11) is 0. The lowest BCUT2D eigenvalue weighted by atomic mass is 10.1. The topological polar surface area (TPSA) is 79.3 Å². The Balaban J connectivity index is 2.71. The number of aliphatic carboxylic acids is 1. The van der Waals surface area contributed by atoms with Crippen molar-refractivity contribution < 1.29 is 14.7 Å². The third-order valence-corrected chi connectivity index (χ3v) is 3.20. The first-order chi connectivity index (χ1) is 8.90. The summed E-state index contributed by atoms with van der Waals surface area (Å²) in [6, 6.07) is 2.57. The summed E-state index contributed by atoms with van der Waals surface area (Å²) in [5, 5.41) is 11.7. The van der Waals surface area contributed by atoms with Gasteiger partial charge in [-0.2, -0.15) is 0 Å². The van der Waals surface area contributed by atoms with Crippen LogP contribution in [0.15, 0.2) is 22.9 Å². The molecule has 0 aliphatic heterocycles. The largest absolute Gasteiger partial charge is 0.480 e. The Morgan fingerprint density at radius 2 is 2.16 bits per heavy atom. The summed E-state index contributed by atoms with van der Waals surface area (Å²) in [4.78, 5) is 26.9. The number of hydrogen-bond acceptors (Lipinski definition) is 3. The number of amides is 1. The van der Waals surface area contributed by atoms with E-state index in [1.165, 1.54) is 0 Å². The SMILES string of the molecule is CC(C)CC(=O)N[C@H](Cc1cccnc1Br)C(=O)O. The number of nitrogens with zero attached hydrogens (tertiary/aromatic N) is 1. The number of aromatic nitrogens is 1. The van der Waals surface area contributed by atoms with Crippen LogP contribution in [-0.2, 0) is 16.0 Å². The number of pyridine rings is 1. The fraction of sp³-hybridized carbons (Fsp3) is 0.462. The quantitative estimate of drug-likeness (QED) is 0.783. The fourth-order valence-electron chi connectivity index (χ4n) is 1.62. The number of carbonyl (C=O) groups is 2. The normalized spacial score (nSPS) is 12.2. The van der Waals surface area contributed by atoms with Crippen molar-refractivity contribution in [3.63, 3.8) is 0 Å².